The van der Waals surface area contributed by atoms with Crippen LogP contribution in [-0.4, -0.2) is 94.8 Å². The van der Waals surface area contributed by atoms with Crippen LogP contribution < -0.4 is 36.9 Å². The molecular formula is C36H44N10O5. The van der Waals surface area contributed by atoms with Crippen LogP contribution in [0.3, 0.4) is 0 Å². The van der Waals surface area contributed by atoms with E-state index in [-0.39, 0.29) is 46.3 Å². The van der Waals surface area contributed by atoms with E-state index in [1.54, 1.807) is 49.4 Å². The molecule has 2 aliphatic rings. The van der Waals surface area contributed by atoms with E-state index in [9.17, 15) is 14.4 Å². The highest BCUT2D eigenvalue weighted by Gasteiger charge is 2.23. The molecule has 15 nitrogen and oxygen atoms in total. The molecule has 2 saturated heterocycles. The fraction of sp³-hybridized carbons (Fsp3) is 0.361. The van der Waals surface area contributed by atoms with Gasteiger partial charge in [-0.2, -0.15) is 9.97 Å². The first-order chi connectivity index (χ1) is 24.7. The summed E-state index contributed by atoms with van der Waals surface area (Å²) in [6.07, 6.45) is 6.54. The summed E-state index contributed by atoms with van der Waals surface area (Å²) in [6.45, 7) is 4.92. The number of hydrogen-bond donors (Lipinski definition) is 5. The van der Waals surface area contributed by atoms with Gasteiger partial charge in [-0.25, -0.2) is 9.97 Å². The molecule has 4 aromatic rings. The zero-order chi connectivity index (χ0) is 36.3. The van der Waals surface area contributed by atoms with Crippen molar-refractivity contribution in [3.05, 3.63) is 83.2 Å². The van der Waals surface area contributed by atoms with E-state index in [0.29, 0.717) is 53.7 Å². The van der Waals surface area contributed by atoms with Crippen molar-refractivity contribution in [2.75, 3.05) is 62.5 Å². The molecule has 268 valence electrons. The number of carbonyl (C=O) groups excluding carboxylic acids is 3. The lowest BCUT2D eigenvalue weighted by atomic mass is 10.0. The predicted octanol–water partition coefficient (Wildman–Crippen LogP) is 3.18. The van der Waals surface area contributed by atoms with Crippen molar-refractivity contribution in [3.8, 4) is 11.5 Å². The van der Waals surface area contributed by atoms with Gasteiger partial charge >= 0.3 is 0 Å². The van der Waals surface area contributed by atoms with Gasteiger partial charge in [0.05, 0.1) is 36.5 Å². The average Bonchev–Trinajstić information content (AvgIpc) is 3.15. The Morgan fingerprint density at radius 2 is 1.14 bits per heavy atom. The van der Waals surface area contributed by atoms with E-state index >= 15 is 0 Å². The Kier molecular flexibility index (Phi) is 12.3. The van der Waals surface area contributed by atoms with Crippen LogP contribution in [0.25, 0.3) is 0 Å². The molecule has 0 bridgehead atoms. The number of nitrogen functional groups attached to an aromatic ring is 2. The summed E-state index contributed by atoms with van der Waals surface area (Å²) in [4.78, 5) is 55.6. The monoisotopic (exact) mass is 696 g/mol. The van der Waals surface area contributed by atoms with E-state index in [4.69, 9.17) is 20.9 Å². The smallest absolute Gasteiger partial charge is 0.224 e. The standard InChI is InChI=1S/C19H23N5O3.C17H21N5O2/c1-12(25)24-9-7-13(8-10-24)22-19-21-11-15(18(20)23-19)17(26)14-5-3-4-6-16(14)27-2;1-24-14-5-3-2-4-12(14)15(23)13-10-20-17(22-16(13)18)21-11-6-8-19-9-7-11/h3-6,11,13H,7-10H2,1-2H3,(H3,20,21,22,23);2-5,10-11,19H,6-9H2,1H3,(H3,18,20,21,22). The molecule has 6 rings (SSSR count). The predicted molar refractivity (Wildman–Crippen MR) is 194 cm³/mol. The Morgan fingerprint density at radius 1 is 0.706 bits per heavy atom. The van der Waals surface area contributed by atoms with Gasteiger partial charge in [-0.15, -0.1) is 0 Å². The SMILES string of the molecule is COc1ccccc1C(=O)c1cnc(NC2CCN(C(C)=O)CC2)nc1N.COc1ccccc1C(=O)c1cnc(NC2CCNCC2)nc1N. The Hall–Kier alpha value is -5.83. The summed E-state index contributed by atoms with van der Waals surface area (Å²) in [5, 5.41) is 9.81. The number of nitrogens with two attached hydrogens (primary N) is 2. The summed E-state index contributed by atoms with van der Waals surface area (Å²) in [6, 6.07) is 14.4. The summed E-state index contributed by atoms with van der Waals surface area (Å²) in [5.41, 5.74) is 13.4. The number of methoxy groups -OCH3 is 2. The molecule has 51 heavy (non-hydrogen) atoms. The fourth-order valence-electron chi connectivity index (χ4n) is 5.90. The molecule has 0 spiro atoms. The molecule has 4 heterocycles. The minimum atomic E-state index is -0.286. The second-order valence-corrected chi connectivity index (χ2v) is 12.1. The van der Waals surface area contributed by atoms with Crippen LogP contribution in [0.15, 0.2) is 60.9 Å². The first-order valence-corrected chi connectivity index (χ1v) is 16.8. The average molecular weight is 697 g/mol. The molecule has 0 saturated carbocycles. The van der Waals surface area contributed by atoms with Crippen LogP contribution in [0.4, 0.5) is 23.5 Å². The Bertz CT molecular complexity index is 1840. The lowest BCUT2D eigenvalue weighted by Gasteiger charge is -2.31. The van der Waals surface area contributed by atoms with Crippen molar-refractivity contribution >= 4 is 41.0 Å². The number of para-hydroxylation sites is 2. The van der Waals surface area contributed by atoms with Crippen molar-refractivity contribution in [1.82, 2.24) is 30.2 Å². The molecule has 0 unspecified atom stereocenters. The van der Waals surface area contributed by atoms with Gasteiger partial charge in [-0.3, -0.25) is 14.4 Å². The van der Waals surface area contributed by atoms with E-state index in [1.807, 2.05) is 11.0 Å². The third kappa shape index (κ3) is 9.25. The van der Waals surface area contributed by atoms with Crippen LogP contribution in [0, 0.1) is 0 Å². The molecule has 7 N–H and O–H groups in total. The molecule has 2 fully saturated rings. The molecule has 0 radical (unpaired) electrons. The number of hydrogen-bond acceptors (Lipinski definition) is 14. The zero-order valence-electron chi connectivity index (χ0n) is 29.0. The molecule has 2 aromatic carbocycles. The maximum Gasteiger partial charge on any atom is 0.224 e. The van der Waals surface area contributed by atoms with Gasteiger partial charge < -0.3 is 41.8 Å². The van der Waals surface area contributed by atoms with Gasteiger partial charge in [0.25, 0.3) is 0 Å². The second kappa shape index (κ2) is 17.2. The topological polar surface area (TPSA) is 213 Å². The summed E-state index contributed by atoms with van der Waals surface area (Å²) in [7, 11) is 3.04. The lowest BCUT2D eigenvalue weighted by Crippen LogP contribution is -2.41. The third-order valence-electron chi connectivity index (χ3n) is 8.77. The molecule has 1 amide bonds. The summed E-state index contributed by atoms with van der Waals surface area (Å²) >= 11 is 0. The van der Waals surface area contributed by atoms with E-state index in [1.165, 1.54) is 26.6 Å². The largest absolute Gasteiger partial charge is 0.496 e. The van der Waals surface area contributed by atoms with E-state index in [0.717, 1.165) is 38.8 Å². The van der Waals surface area contributed by atoms with Crippen LogP contribution in [-0.2, 0) is 4.79 Å². The molecule has 0 atom stereocenters. The number of ether oxygens (including phenoxy) is 2. The van der Waals surface area contributed by atoms with Gasteiger partial charge in [0.2, 0.25) is 29.4 Å². The van der Waals surface area contributed by atoms with Gasteiger partial charge in [-0.1, -0.05) is 24.3 Å². The normalized spacial score (nSPS) is 14.8. The number of likely N-dealkylation sites (tertiary alicyclic amines) is 1. The number of ketones is 2. The molecule has 0 aliphatic carbocycles. The molecule has 2 aromatic heterocycles. The molecule has 2 aliphatic heterocycles. The Labute approximate surface area is 296 Å². The van der Waals surface area contributed by atoms with Crippen LogP contribution in [0.1, 0.15) is 64.4 Å². The molecular weight excluding hydrogens is 652 g/mol. The first kappa shape index (κ1) is 36.5. The third-order valence-corrected chi connectivity index (χ3v) is 8.77. The number of benzene rings is 2. The van der Waals surface area contributed by atoms with Gasteiger partial charge in [0.1, 0.15) is 23.1 Å². The fourth-order valence-corrected chi connectivity index (χ4v) is 5.90. The number of piperidine rings is 2. The Balaban J connectivity index is 0.000000199. The number of carbonyl (C=O) groups is 3. The van der Waals surface area contributed by atoms with Crippen LogP contribution >= 0.6 is 0 Å². The number of aromatic nitrogens is 4. The zero-order valence-corrected chi connectivity index (χ0v) is 29.0. The summed E-state index contributed by atoms with van der Waals surface area (Å²) < 4.78 is 10.5. The number of amides is 1. The number of nitrogens with one attached hydrogen (secondary N) is 3. The maximum atomic E-state index is 12.8. The number of anilines is 4. The summed E-state index contributed by atoms with van der Waals surface area (Å²) in [5.74, 6) is 1.64. The van der Waals surface area contributed by atoms with Crippen molar-refractivity contribution in [2.24, 2.45) is 0 Å². The van der Waals surface area contributed by atoms with Gasteiger partial charge in [-0.05, 0) is 63.0 Å². The minimum absolute atomic E-state index is 0.0909. The quantitative estimate of drug-likeness (QED) is 0.151. The van der Waals surface area contributed by atoms with Gasteiger partial charge in [0, 0.05) is 44.5 Å². The van der Waals surface area contributed by atoms with Gasteiger partial charge in [0.15, 0.2) is 0 Å². The molecule has 15 heteroatoms. The highest BCUT2D eigenvalue weighted by atomic mass is 16.5. The van der Waals surface area contributed by atoms with Crippen molar-refractivity contribution < 1.29 is 23.9 Å². The highest BCUT2D eigenvalue weighted by Crippen LogP contribution is 2.25. The second-order valence-electron chi connectivity index (χ2n) is 12.1. The Morgan fingerprint density at radius 3 is 1.55 bits per heavy atom. The van der Waals surface area contributed by atoms with Crippen molar-refractivity contribution in [1.29, 1.82) is 0 Å². The highest BCUT2D eigenvalue weighted by molar-refractivity contribution is 6.13. The van der Waals surface area contributed by atoms with Crippen LogP contribution in [0.5, 0.6) is 11.5 Å². The number of nitrogens with zero attached hydrogens (tertiary/aromatic N) is 5. The van der Waals surface area contributed by atoms with E-state index in [2.05, 4.69) is 35.9 Å². The minimum Gasteiger partial charge on any atom is -0.496 e. The maximum absolute atomic E-state index is 12.8. The first-order valence-electron chi connectivity index (χ1n) is 16.8. The van der Waals surface area contributed by atoms with Crippen molar-refractivity contribution in [2.45, 2.75) is 44.7 Å². The van der Waals surface area contributed by atoms with Crippen molar-refractivity contribution in [3.63, 3.8) is 0 Å². The van der Waals surface area contributed by atoms with Crippen LogP contribution in [0.2, 0.25) is 0 Å². The number of rotatable bonds is 10. The lowest BCUT2D eigenvalue weighted by molar-refractivity contribution is -0.129. The van der Waals surface area contributed by atoms with E-state index < -0.39 is 0 Å².